The van der Waals surface area contributed by atoms with Crippen molar-refractivity contribution in [2.24, 2.45) is 0 Å². The molecule has 0 radical (unpaired) electrons. The molecule has 0 amide bonds. The second kappa shape index (κ2) is 5.33. The van der Waals surface area contributed by atoms with Crippen LogP contribution >= 0.6 is 0 Å². The zero-order chi connectivity index (χ0) is 16.9. The third kappa shape index (κ3) is 3.08. The molecular formula is C13H16BF3O4S. The number of hydrogen-bond acceptors (Lipinski definition) is 3. The third-order valence-corrected chi connectivity index (χ3v) is 4.75. The molecule has 9 heteroatoms. The quantitative estimate of drug-likeness (QED) is 0.666. The normalized spacial score (nSPS) is 21.9. The van der Waals surface area contributed by atoms with Gasteiger partial charge in [-0.2, -0.15) is 13.2 Å². The molecule has 0 spiro atoms. The van der Waals surface area contributed by atoms with E-state index in [4.69, 9.17) is 13.9 Å². The minimum absolute atomic E-state index is 0.153. The average Bonchev–Trinajstić information content (AvgIpc) is 2.56. The van der Waals surface area contributed by atoms with Crippen molar-refractivity contribution in [1.82, 2.24) is 0 Å². The van der Waals surface area contributed by atoms with Crippen LogP contribution in [0.5, 0.6) is 0 Å². The van der Waals surface area contributed by atoms with Crippen LogP contribution in [0.4, 0.5) is 13.2 Å². The van der Waals surface area contributed by atoms with Gasteiger partial charge in [0.05, 0.1) is 21.7 Å². The number of hydrogen-bond donors (Lipinski definition) is 1. The summed E-state index contributed by atoms with van der Waals surface area (Å²) >= 11 is -2.73. The van der Waals surface area contributed by atoms with Gasteiger partial charge in [0, 0.05) is 0 Å². The Morgan fingerprint density at radius 1 is 1.14 bits per heavy atom. The monoisotopic (exact) mass is 336 g/mol. The van der Waals surface area contributed by atoms with E-state index in [0.29, 0.717) is 0 Å². The van der Waals surface area contributed by atoms with Gasteiger partial charge in [0.15, 0.2) is 11.1 Å². The maximum atomic E-state index is 13.1. The Morgan fingerprint density at radius 3 is 2.05 bits per heavy atom. The molecule has 1 aliphatic heterocycles. The van der Waals surface area contributed by atoms with Crippen LogP contribution in [-0.4, -0.2) is 27.1 Å². The van der Waals surface area contributed by atoms with E-state index < -0.39 is 46.0 Å². The van der Waals surface area contributed by atoms with Gasteiger partial charge in [-0.15, -0.1) is 0 Å². The fraction of sp³-hybridized carbons (Fsp3) is 0.538. The van der Waals surface area contributed by atoms with Crippen LogP contribution in [-0.2, 0) is 26.6 Å². The van der Waals surface area contributed by atoms with Crippen molar-refractivity contribution < 1.29 is 31.2 Å². The molecule has 1 saturated heterocycles. The Morgan fingerprint density at radius 2 is 1.64 bits per heavy atom. The molecule has 22 heavy (non-hydrogen) atoms. The molecule has 1 N–H and O–H groups in total. The summed E-state index contributed by atoms with van der Waals surface area (Å²) < 4.78 is 70.6. The van der Waals surface area contributed by atoms with E-state index in [2.05, 4.69) is 0 Å². The number of rotatable bonds is 2. The van der Waals surface area contributed by atoms with Crippen LogP contribution in [0.1, 0.15) is 33.3 Å². The van der Waals surface area contributed by atoms with Crippen molar-refractivity contribution in [2.75, 3.05) is 0 Å². The number of benzene rings is 1. The molecule has 0 saturated carbocycles. The molecule has 1 unspecified atom stereocenters. The van der Waals surface area contributed by atoms with Crippen LogP contribution in [0.2, 0.25) is 0 Å². The Labute approximate surface area is 129 Å². The summed E-state index contributed by atoms with van der Waals surface area (Å²) in [4.78, 5) is -0.687. The lowest BCUT2D eigenvalue weighted by Crippen LogP contribution is -2.41. The topological polar surface area (TPSA) is 55.8 Å². The van der Waals surface area contributed by atoms with E-state index in [0.717, 1.165) is 12.1 Å². The summed E-state index contributed by atoms with van der Waals surface area (Å²) in [5, 5.41) is 0. The molecule has 1 aromatic rings. The highest BCUT2D eigenvalue weighted by molar-refractivity contribution is 7.79. The smallest absolute Gasteiger partial charge is 0.399 e. The lowest BCUT2D eigenvalue weighted by molar-refractivity contribution is -0.139. The summed E-state index contributed by atoms with van der Waals surface area (Å²) in [6, 6.07) is 3.08. The maximum absolute atomic E-state index is 13.1. The predicted octanol–water partition coefficient (Wildman–Crippen LogP) is 2.59. The van der Waals surface area contributed by atoms with Crippen molar-refractivity contribution in [3.05, 3.63) is 23.8 Å². The lowest BCUT2D eigenvalue weighted by Gasteiger charge is -2.32. The molecule has 122 valence electrons. The van der Waals surface area contributed by atoms with Crippen molar-refractivity contribution >= 4 is 23.7 Å². The summed E-state index contributed by atoms with van der Waals surface area (Å²) in [6.07, 6.45) is -4.74. The largest absolute Gasteiger partial charge is 0.494 e. The SMILES string of the molecule is CC1(C)OB(c2ccc(S(=O)O)c(C(F)(F)F)c2)OC1(C)C. The van der Waals surface area contributed by atoms with Crippen molar-refractivity contribution in [1.29, 1.82) is 0 Å². The lowest BCUT2D eigenvalue weighted by atomic mass is 9.78. The Bertz CT molecular complexity index is 600. The highest BCUT2D eigenvalue weighted by Crippen LogP contribution is 2.37. The van der Waals surface area contributed by atoms with Crippen LogP contribution in [0.3, 0.4) is 0 Å². The Balaban J connectivity index is 2.45. The zero-order valence-corrected chi connectivity index (χ0v) is 13.3. The van der Waals surface area contributed by atoms with Crippen LogP contribution in [0, 0.1) is 0 Å². The minimum atomic E-state index is -4.74. The van der Waals surface area contributed by atoms with Gasteiger partial charge in [0.1, 0.15) is 0 Å². The van der Waals surface area contributed by atoms with Gasteiger partial charge in [-0.1, -0.05) is 6.07 Å². The Hall–Kier alpha value is -0.895. The third-order valence-electron chi connectivity index (χ3n) is 4.02. The highest BCUT2D eigenvalue weighted by Gasteiger charge is 2.52. The maximum Gasteiger partial charge on any atom is 0.494 e. The van der Waals surface area contributed by atoms with Gasteiger partial charge in [0.2, 0.25) is 0 Å². The van der Waals surface area contributed by atoms with Gasteiger partial charge >= 0.3 is 13.3 Å². The van der Waals surface area contributed by atoms with Gasteiger partial charge in [-0.3, -0.25) is 0 Å². The van der Waals surface area contributed by atoms with Gasteiger partial charge in [-0.05, 0) is 45.3 Å². The molecule has 0 aromatic heterocycles. The van der Waals surface area contributed by atoms with Crippen molar-refractivity contribution in [3.8, 4) is 0 Å². The van der Waals surface area contributed by atoms with Crippen molar-refractivity contribution in [3.63, 3.8) is 0 Å². The van der Waals surface area contributed by atoms with E-state index in [1.165, 1.54) is 6.07 Å². The predicted molar refractivity (Wildman–Crippen MR) is 76.2 cm³/mol. The second-order valence-electron chi connectivity index (χ2n) is 6.09. The molecule has 1 aromatic carbocycles. The van der Waals surface area contributed by atoms with E-state index >= 15 is 0 Å². The molecule has 0 aliphatic carbocycles. The number of alkyl halides is 3. The summed E-state index contributed by atoms with van der Waals surface area (Å²) in [5.41, 5.74) is -2.39. The molecule has 2 rings (SSSR count). The first-order chi connectivity index (χ1) is 9.85. The van der Waals surface area contributed by atoms with E-state index in [9.17, 15) is 17.4 Å². The van der Waals surface area contributed by atoms with E-state index in [-0.39, 0.29) is 5.46 Å². The minimum Gasteiger partial charge on any atom is -0.399 e. The highest BCUT2D eigenvalue weighted by atomic mass is 32.2. The van der Waals surface area contributed by atoms with Crippen LogP contribution < -0.4 is 5.46 Å². The first kappa shape index (κ1) is 17.5. The standard InChI is InChI=1S/C13H16BF3O4S/c1-11(2)12(3,4)21-14(20-11)8-5-6-10(22(18)19)9(7-8)13(15,16)17/h5-7H,1-4H3,(H,18,19). The van der Waals surface area contributed by atoms with Gasteiger partial charge < -0.3 is 13.9 Å². The Kier molecular flexibility index (Phi) is 4.23. The molecule has 1 heterocycles. The first-order valence-electron chi connectivity index (χ1n) is 6.53. The van der Waals surface area contributed by atoms with E-state index in [1.54, 1.807) is 27.7 Å². The van der Waals surface area contributed by atoms with Crippen molar-refractivity contribution in [2.45, 2.75) is 50.0 Å². The van der Waals surface area contributed by atoms with Gasteiger partial charge in [0.25, 0.3) is 0 Å². The molecule has 1 fully saturated rings. The number of halogens is 3. The molecule has 4 nitrogen and oxygen atoms in total. The zero-order valence-electron chi connectivity index (χ0n) is 12.5. The molecule has 0 bridgehead atoms. The van der Waals surface area contributed by atoms with Gasteiger partial charge in [-0.25, -0.2) is 4.21 Å². The summed E-state index contributed by atoms with van der Waals surface area (Å²) in [6.45, 7) is 7.15. The van der Waals surface area contributed by atoms with Crippen LogP contribution in [0.15, 0.2) is 23.1 Å². The second-order valence-corrected chi connectivity index (χ2v) is 7.03. The first-order valence-corrected chi connectivity index (χ1v) is 7.63. The molecule has 1 aliphatic rings. The molecule has 1 atom stereocenters. The summed E-state index contributed by atoms with van der Waals surface area (Å²) in [5.74, 6) is 0. The average molecular weight is 336 g/mol. The fourth-order valence-corrected chi connectivity index (χ4v) is 2.59. The molecular weight excluding hydrogens is 320 g/mol. The van der Waals surface area contributed by atoms with Crippen LogP contribution in [0.25, 0.3) is 0 Å². The van der Waals surface area contributed by atoms with E-state index in [1.807, 2.05) is 0 Å². The summed E-state index contributed by atoms with van der Waals surface area (Å²) in [7, 11) is -0.965. The fourth-order valence-electron chi connectivity index (χ4n) is 2.05.